The largest absolute Gasteiger partial charge is 0.479 e. The molecule has 116 valence electrons. The Morgan fingerprint density at radius 1 is 1.30 bits per heavy atom. The van der Waals surface area contributed by atoms with Crippen LogP contribution in [0, 0.1) is 0 Å². The number of carboxylic acids is 1. The van der Waals surface area contributed by atoms with Crippen molar-refractivity contribution in [2.24, 2.45) is 0 Å². The van der Waals surface area contributed by atoms with Gasteiger partial charge in [-0.05, 0) is 27.7 Å². The van der Waals surface area contributed by atoms with Crippen molar-refractivity contribution in [2.75, 3.05) is 18.8 Å². The van der Waals surface area contributed by atoms with Gasteiger partial charge in [0.05, 0.1) is 17.4 Å². The lowest BCUT2D eigenvalue weighted by atomic mass is 10.2. The fraction of sp³-hybridized carbons (Fsp3) is 0.833. The van der Waals surface area contributed by atoms with Crippen molar-refractivity contribution < 1.29 is 27.9 Å². The number of hydrogen-bond acceptors (Lipinski definition) is 5. The molecule has 1 fully saturated rings. The molecule has 7 nitrogen and oxygen atoms in total. The minimum Gasteiger partial charge on any atom is -0.479 e. The van der Waals surface area contributed by atoms with Crippen molar-refractivity contribution in [1.29, 1.82) is 0 Å². The Morgan fingerprint density at radius 3 is 2.30 bits per heavy atom. The number of carboxylic acid groups (broad SMARTS) is 1. The van der Waals surface area contributed by atoms with E-state index in [-0.39, 0.29) is 13.1 Å². The number of carbonyl (C=O) groups excluding carboxylic acids is 1. The highest BCUT2D eigenvalue weighted by Crippen LogP contribution is 2.18. The molecule has 1 aliphatic heterocycles. The number of morpholine rings is 1. The fourth-order valence-corrected chi connectivity index (χ4v) is 2.70. The Morgan fingerprint density at radius 2 is 1.85 bits per heavy atom. The molecule has 0 spiro atoms. The Balaban J connectivity index is 2.80. The maximum Gasteiger partial charge on any atom is 0.334 e. The summed E-state index contributed by atoms with van der Waals surface area (Å²) in [4.78, 5) is 24.2. The summed E-state index contributed by atoms with van der Waals surface area (Å²) in [7, 11) is -3.58. The molecule has 0 aliphatic carbocycles. The average Bonchev–Trinajstić information content (AvgIpc) is 2.25. The zero-order valence-corrected chi connectivity index (χ0v) is 12.9. The molecule has 0 bridgehead atoms. The highest BCUT2D eigenvalue weighted by atomic mass is 32.2. The van der Waals surface area contributed by atoms with Crippen LogP contribution in [0.1, 0.15) is 27.7 Å². The molecule has 0 aromatic carbocycles. The summed E-state index contributed by atoms with van der Waals surface area (Å²) in [6, 6.07) is 0. The normalized spacial score (nSPS) is 24.5. The highest BCUT2D eigenvalue weighted by Gasteiger charge is 2.37. The van der Waals surface area contributed by atoms with Crippen LogP contribution in [0.4, 0.5) is 0 Å². The Bertz CT molecular complexity index is 493. The summed E-state index contributed by atoms with van der Waals surface area (Å²) >= 11 is 0. The van der Waals surface area contributed by atoms with E-state index in [0.717, 1.165) is 0 Å². The van der Waals surface area contributed by atoms with Crippen LogP contribution in [0.3, 0.4) is 0 Å². The predicted octanol–water partition coefficient (Wildman–Crippen LogP) is -0.0998. The maximum absolute atomic E-state index is 12.1. The molecule has 1 N–H and O–H groups in total. The second-order valence-corrected chi connectivity index (χ2v) is 8.69. The number of carbonyl (C=O) groups is 2. The van der Waals surface area contributed by atoms with Crippen LogP contribution in [0.15, 0.2) is 0 Å². The Labute approximate surface area is 118 Å². The van der Waals surface area contributed by atoms with Gasteiger partial charge in [-0.2, -0.15) is 0 Å². The molecule has 1 rings (SSSR count). The summed E-state index contributed by atoms with van der Waals surface area (Å²) in [5.41, 5.74) is 0. The summed E-state index contributed by atoms with van der Waals surface area (Å²) in [6.45, 7) is 6.29. The molecule has 0 aromatic heterocycles. The second kappa shape index (κ2) is 5.69. The van der Waals surface area contributed by atoms with Crippen molar-refractivity contribution in [3.05, 3.63) is 0 Å². The molecule has 20 heavy (non-hydrogen) atoms. The van der Waals surface area contributed by atoms with E-state index in [0.29, 0.717) is 0 Å². The summed E-state index contributed by atoms with van der Waals surface area (Å²) < 4.78 is 28.2. The van der Waals surface area contributed by atoms with E-state index in [2.05, 4.69) is 0 Å². The lowest BCUT2D eigenvalue weighted by Crippen LogP contribution is -2.53. The zero-order valence-electron chi connectivity index (χ0n) is 12.1. The van der Waals surface area contributed by atoms with Crippen LogP contribution in [0.25, 0.3) is 0 Å². The molecule has 1 heterocycles. The molecular formula is C12H21NO6S. The number of rotatable bonds is 3. The van der Waals surface area contributed by atoms with E-state index >= 15 is 0 Å². The number of nitrogens with zero attached hydrogens (tertiary/aromatic N) is 1. The average molecular weight is 307 g/mol. The quantitative estimate of drug-likeness (QED) is 0.781. The molecule has 0 saturated carbocycles. The minimum absolute atomic E-state index is 0.127. The smallest absolute Gasteiger partial charge is 0.334 e. The van der Waals surface area contributed by atoms with Crippen LogP contribution in [-0.4, -0.2) is 66.1 Å². The predicted molar refractivity (Wildman–Crippen MR) is 72.1 cm³/mol. The van der Waals surface area contributed by atoms with E-state index in [1.165, 1.54) is 25.7 Å². The first kappa shape index (κ1) is 16.9. The SMILES string of the molecule is C[C@@H]1CN(C(=O)CS(=O)(=O)C(C)(C)C)CC(C(=O)O)O1. The van der Waals surface area contributed by atoms with Gasteiger partial charge in [0.1, 0.15) is 5.75 Å². The van der Waals surface area contributed by atoms with E-state index < -0.39 is 44.4 Å². The first-order valence-corrected chi connectivity index (χ1v) is 7.97. The fourth-order valence-electron chi connectivity index (χ4n) is 1.76. The van der Waals surface area contributed by atoms with Gasteiger partial charge in [0.25, 0.3) is 0 Å². The van der Waals surface area contributed by atoms with E-state index in [4.69, 9.17) is 9.84 Å². The van der Waals surface area contributed by atoms with Crippen LogP contribution in [0.5, 0.6) is 0 Å². The number of hydrogen-bond donors (Lipinski definition) is 1. The Hall–Kier alpha value is -1.15. The van der Waals surface area contributed by atoms with Crippen LogP contribution in [-0.2, 0) is 24.2 Å². The summed E-state index contributed by atoms with van der Waals surface area (Å²) in [5, 5.41) is 8.94. The van der Waals surface area contributed by atoms with Gasteiger partial charge in [-0.15, -0.1) is 0 Å². The van der Waals surface area contributed by atoms with Gasteiger partial charge in [0.2, 0.25) is 5.91 Å². The van der Waals surface area contributed by atoms with Gasteiger partial charge < -0.3 is 14.7 Å². The molecule has 8 heteroatoms. The molecule has 2 atom stereocenters. The zero-order chi connectivity index (χ0) is 15.7. The van der Waals surface area contributed by atoms with Gasteiger partial charge >= 0.3 is 5.97 Å². The minimum atomic E-state index is -3.58. The molecule has 1 aliphatic rings. The van der Waals surface area contributed by atoms with Crippen molar-refractivity contribution >= 4 is 21.7 Å². The van der Waals surface area contributed by atoms with Crippen LogP contribution >= 0.6 is 0 Å². The lowest BCUT2D eigenvalue weighted by molar-refractivity contribution is -0.165. The number of aliphatic carboxylic acids is 1. The number of amides is 1. The molecular weight excluding hydrogens is 286 g/mol. The second-order valence-electron chi connectivity index (χ2n) is 5.94. The molecule has 0 radical (unpaired) electrons. The standard InChI is InChI=1S/C12H21NO6S/c1-8-5-13(6-9(19-8)11(15)16)10(14)7-20(17,18)12(2,3)4/h8-9H,5-7H2,1-4H3,(H,15,16)/t8-,9?/m1/s1. The van der Waals surface area contributed by atoms with Crippen molar-refractivity contribution in [3.8, 4) is 0 Å². The third kappa shape index (κ3) is 3.92. The van der Waals surface area contributed by atoms with Gasteiger partial charge in [-0.3, -0.25) is 4.79 Å². The first-order chi connectivity index (χ1) is 8.94. The van der Waals surface area contributed by atoms with Gasteiger partial charge in [0, 0.05) is 6.54 Å². The summed E-state index contributed by atoms with van der Waals surface area (Å²) in [6.07, 6.45) is -1.55. The van der Waals surface area contributed by atoms with Crippen molar-refractivity contribution in [1.82, 2.24) is 4.90 Å². The Kier molecular flexibility index (Phi) is 4.81. The monoisotopic (exact) mass is 307 g/mol. The van der Waals surface area contributed by atoms with E-state index in [9.17, 15) is 18.0 Å². The van der Waals surface area contributed by atoms with Crippen LogP contribution in [0.2, 0.25) is 0 Å². The molecule has 1 amide bonds. The number of sulfone groups is 1. The van der Waals surface area contributed by atoms with Crippen molar-refractivity contribution in [2.45, 2.75) is 44.6 Å². The van der Waals surface area contributed by atoms with Crippen molar-refractivity contribution in [3.63, 3.8) is 0 Å². The third-order valence-electron chi connectivity index (χ3n) is 3.13. The first-order valence-electron chi connectivity index (χ1n) is 6.32. The third-order valence-corrected chi connectivity index (χ3v) is 5.63. The maximum atomic E-state index is 12.1. The lowest BCUT2D eigenvalue weighted by Gasteiger charge is -2.35. The molecule has 0 aromatic rings. The summed E-state index contributed by atoms with van der Waals surface area (Å²) in [5.74, 6) is -2.36. The molecule has 1 unspecified atom stereocenters. The van der Waals surface area contributed by atoms with Gasteiger partial charge in [0.15, 0.2) is 15.9 Å². The topological polar surface area (TPSA) is 101 Å². The highest BCUT2D eigenvalue weighted by molar-refractivity contribution is 7.93. The van der Waals surface area contributed by atoms with E-state index in [1.807, 2.05) is 0 Å². The van der Waals surface area contributed by atoms with Gasteiger partial charge in [-0.25, -0.2) is 13.2 Å². The van der Waals surface area contributed by atoms with Crippen LogP contribution < -0.4 is 0 Å². The molecule has 1 saturated heterocycles. The van der Waals surface area contributed by atoms with Gasteiger partial charge in [-0.1, -0.05) is 0 Å². The van der Waals surface area contributed by atoms with E-state index in [1.54, 1.807) is 6.92 Å². The number of ether oxygens (including phenoxy) is 1.